The van der Waals surface area contributed by atoms with Gasteiger partial charge in [0.1, 0.15) is 5.01 Å². The molecule has 0 aliphatic carbocycles. The molecule has 0 fully saturated rings. The fourth-order valence-corrected chi connectivity index (χ4v) is 3.67. The van der Waals surface area contributed by atoms with Crippen molar-refractivity contribution in [3.63, 3.8) is 0 Å². The second kappa shape index (κ2) is 7.17. The predicted molar refractivity (Wildman–Crippen MR) is 112 cm³/mol. The minimum atomic E-state index is -0.137. The first-order valence-electron chi connectivity index (χ1n) is 8.51. The van der Waals surface area contributed by atoms with Crippen molar-refractivity contribution >= 4 is 39.0 Å². The number of amides is 1. The maximum absolute atomic E-state index is 12.6. The van der Waals surface area contributed by atoms with Gasteiger partial charge >= 0.3 is 0 Å². The van der Waals surface area contributed by atoms with E-state index in [1.807, 2.05) is 79.7 Å². The number of nitrogens with one attached hydrogen (secondary N) is 1. The van der Waals surface area contributed by atoms with Crippen LogP contribution in [-0.2, 0) is 0 Å². The van der Waals surface area contributed by atoms with E-state index in [1.54, 1.807) is 17.5 Å². The van der Waals surface area contributed by atoms with Gasteiger partial charge in [-0.1, -0.05) is 18.2 Å². The lowest BCUT2D eigenvalue weighted by molar-refractivity contribution is 0.102. The van der Waals surface area contributed by atoms with Gasteiger partial charge in [-0.3, -0.25) is 4.79 Å². The van der Waals surface area contributed by atoms with Crippen LogP contribution in [0.5, 0.6) is 0 Å². The lowest BCUT2D eigenvalue weighted by Gasteiger charge is -2.13. The molecule has 0 saturated heterocycles. The van der Waals surface area contributed by atoms with Crippen LogP contribution >= 0.6 is 11.3 Å². The Labute approximate surface area is 161 Å². The van der Waals surface area contributed by atoms with E-state index in [2.05, 4.69) is 15.3 Å². The van der Waals surface area contributed by atoms with Gasteiger partial charge in [0, 0.05) is 42.8 Å². The average Bonchev–Trinajstić information content (AvgIpc) is 3.12. The summed E-state index contributed by atoms with van der Waals surface area (Å²) in [7, 11) is 3.90. The van der Waals surface area contributed by atoms with Crippen LogP contribution in [0.1, 0.15) is 10.4 Å². The van der Waals surface area contributed by atoms with E-state index >= 15 is 0 Å². The van der Waals surface area contributed by atoms with Crippen molar-refractivity contribution in [1.29, 1.82) is 0 Å². The molecule has 4 aromatic rings. The minimum Gasteiger partial charge on any atom is -0.378 e. The van der Waals surface area contributed by atoms with Crippen molar-refractivity contribution in [3.05, 3.63) is 72.4 Å². The first-order valence-corrected chi connectivity index (χ1v) is 9.32. The van der Waals surface area contributed by atoms with Gasteiger partial charge in [-0.25, -0.2) is 9.97 Å². The van der Waals surface area contributed by atoms with E-state index in [9.17, 15) is 4.79 Å². The molecule has 2 heterocycles. The highest BCUT2D eigenvalue weighted by atomic mass is 32.1. The van der Waals surface area contributed by atoms with E-state index in [1.165, 1.54) is 0 Å². The summed E-state index contributed by atoms with van der Waals surface area (Å²) < 4.78 is 1.04. The van der Waals surface area contributed by atoms with Crippen LogP contribution in [0.2, 0.25) is 0 Å². The Morgan fingerprint density at radius 2 is 1.89 bits per heavy atom. The van der Waals surface area contributed by atoms with Gasteiger partial charge in [0.25, 0.3) is 5.91 Å². The number of thiazole rings is 1. The van der Waals surface area contributed by atoms with Crippen LogP contribution in [0.25, 0.3) is 20.9 Å². The van der Waals surface area contributed by atoms with Crippen LogP contribution in [0, 0.1) is 0 Å². The summed E-state index contributed by atoms with van der Waals surface area (Å²) >= 11 is 1.59. The lowest BCUT2D eigenvalue weighted by atomic mass is 10.1. The Morgan fingerprint density at radius 1 is 1.04 bits per heavy atom. The molecule has 6 heteroatoms. The van der Waals surface area contributed by atoms with Gasteiger partial charge < -0.3 is 10.2 Å². The quantitative estimate of drug-likeness (QED) is 0.564. The van der Waals surface area contributed by atoms with Crippen LogP contribution in [0.3, 0.4) is 0 Å². The van der Waals surface area contributed by atoms with Gasteiger partial charge in [-0.2, -0.15) is 0 Å². The molecule has 0 aliphatic heterocycles. The van der Waals surface area contributed by atoms with Crippen LogP contribution in [-0.4, -0.2) is 30.0 Å². The second-order valence-corrected chi connectivity index (χ2v) is 7.35. The molecule has 0 atom stereocenters. The number of hydrogen-bond donors (Lipinski definition) is 1. The Hall–Kier alpha value is -3.25. The van der Waals surface area contributed by atoms with Gasteiger partial charge in [-0.15, -0.1) is 11.3 Å². The van der Waals surface area contributed by atoms with Gasteiger partial charge in [0.15, 0.2) is 5.65 Å². The zero-order chi connectivity index (χ0) is 18.8. The van der Waals surface area contributed by atoms with Crippen molar-refractivity contribution in [1.82, 2.24) is 9.97 Å². The molecule has 2 aromatic heterocycles. The molecule has 134 valence electrons. The molecule has 4 rings (SSSR count). The fraction of sp³-hybridized carbons (Fsp3) is 0.0952. The smallest absolute Gasteiger partial charge is 0.255 e. The lowest BCUT2D eigenvalue weighted by Crippen LogP contribution is -2.14. The third-order valence-corrected chi connectivity index (χ3v) is 5.22. The summed E-state index contributed by atoms with van der Waals surface area (Å²) in [5, 5.41) is 3.86. The number of aromatic nitrogens is 2. The Morgan fingerprint density at radius 3 is 2.70 bits per heavy atom. The van der Waals surface area contributed by atoms with Gasteiger partial charge in [-0.05, 0) is 42.5 Å². The van der Waals surface area contributed by atoms with Crippen LogP contribution in [0.4, 0.5) is 11.4 Å². The first kappa shape index (κ1) is 17.2. The maximum Gasteiger partial charge on any atom is 0.255 e. The van der Waals surface area contributed by atoms with Crippen molar-refractivity contribution in [2.75, 3.05) is 24.3 Å². The molecule has 0 spiro atoms. The van der Waals surface area contributed by atoms with Crippen molar-refractivity contribution in [2.24, 2.45) is 0 Å². The van der Waals surface area contributed by atoms with Crippen LogP contribution in [0.15, 0.2) is 66.9 Å². The highest BCUT2D eigenvalue weighted by Gasteiger charge is 2.10. The summed E-state index contributed by atoms with van der Waals surface area (Å²) in [5.41, 5.74) is 4.04. The Bertz CT molecular complexity index is 1090. The SMILES string of the molecule is CN(C)c1cccc(C(=O)Nc2cccc(-c3nc4ncccc4s3)c2)c1. The molecule has 0 unspecified atom stereocenters. The molecular weight excluding hydrogens is 356 g/mol. The largest absolute Gasteiger partial charge is 0.378 e. The number of carbonyl (C=O) groups is 1. The van der Waals surface area contributed by atoms with Crippen molar-refractivity contribution < 1.29 is 4.79 Å². The molecule has 1 N–H and O–H groups in total. The second-order valence-electron chi connectivity index (χ2n) is 6.32. The summed E-state index contributed by atoms with van der Waals surface area (Å²) in [6, 6.07) is 19.2. The number of nitrogens with zero attached hydrogens (tertiary/aromatic N) is 3. The monoisotopic (exact) mass is 374 g/mol. The Balaban J connectivity index is 1.59. The third kappa shape index (κ3) is 3.66. The summed E-state index contributed by atoms with van der Waals surface area (Å²) in [6.07, 6.45) is 1.74. The molecule has 27 heavy (non-hydrogen) atoms. The number of benzene rings is 2. The van der Waals surface area contributed by atoms with Crippen LogP contribution < -0.4 is 10.2 Å². The fourth-order valence-electron chi connectivity index (χ4n) is 2.75. The number of pyridine rings is 1. The molecule has 2 aromatic carbocycles. The molecule has 0 saturated carbocycles. The van der Waals surface area contributed by atoms with Gasteiger partial charge in [0.05, 0.1) is 4.70 Å². The number of fused-ring (bicyclic) bond motifs is 1. The van der Waals surface area contributed by atoms with E-state index in [4.69, 9.17) is 0 Å². The van der Waals surface area contributed by atoms with E-state index in [0.29, 0.717) is 5.56 Å². The number of anilines is 2. The summed E-state index contributed by atoms with van der Waals surface area (Å²) in [4.78, 5) is 23.5. The summed E-state index contributed by atoms with van der Waals surface area (Å²) in [5.74, 6) is -0.137. The topological polar surface area (TPSA) is 58.1 Å². The standard InChI is InChI=1S/C21H18N4OS/c1-25(2)17-9-4-6-14(13-17)20(26)23-16-8-3-7-15(12-16)21-24-19-18(27-21)10-5-11-22-19/h3-13H,1-2H3,(H,23,26). The highest BCUT2D eigenvalue weighted by Crippen LogP contribution is 2.30. The highest BCUT2D eigenvalue weighted by molar-refractivity contribution is 7.21. The Kier molecular flexibility index (Phi) is 4.56. The van der Waals surface area contributed by atoms with E-state index < -0.39 is 0 Å². The summed E-state index contributed by atoms with van der Waals surface area (Å²) in [6.45, 7) is 0. The normalized spacial score (nSPS) is 10.7. The third-order valence-electron chi connectivity index (χ3n) is 4.16. The number of carbonyl (C=O) groups excluding carboxylic acids is 1. The molecule has 0 aliphatic rings. The molecular formula is C21H18N4OS. The maximum atomic E-state index is 12.6. The molecule has 0 radical (unpaired) electrons. The average molecular weight is 374 g/mol. The number of hydrogen-bond acceptors (Lipinski definition) is 5. The van der Waals surface area contributed by atoms with Gasteiger partial charge in [0.2, 0.25) is 0 Å². The minimum absolute atomic E-state index is 0.137. The number of rotatable bonds is 4. The zero-order valence-electron chi connectivity index (χ0n) is 15.0. The zero-order valence-corrected chi connectivity index (χ0v) is 15.8. The molecule has 0 bridgehead atoms. The van der Waals surface area contributed by atoms with Crippen molar-refractivity contribution in [2.45, 2.75) is 0 Å². The van der Waals surface area contributed by atoms with E-state index in [0.717, 1.165) is 32.3 Å². The van der Waals surface area contributed by atoms with Crippen molar-refractivity contribution in [3.8, 4) is 10.6 Å². The molecule has 5 nitrogen and oxygen atoms in total. The first-order chi connectivity index (χ1) is 13.1. The predicted octanol–water partition coefficient (Wildman–Crippen LogP) is 4.68. The van der Waals surface area contributed by atoms with E-state index in [-0.39, 0.29) is 5.91 Å². The molecule has 1 amide bonds.